The lowest BCUT2D eigenvalue weighted by molar-refractivity contribution is 0.282. The van der Waals surface area contributed by atoms with Crippen molar-refractivity contribution in [3.05, 3.63) is 11.7 Å². The second-order valence-corrected chi connectivity index (χ2v) is 5.71. The number of hydrogen-bond donors (Lipinski definition) is 1. The van der Waals surface area contributed by atoms with Crippen LogP contribution in [-0.2, 0) is 13.0 Å². The van der Waals surface area contributed by atoms with E-state index in [1.807, 2.05) is 7.05 Å². The molecule has 4 heteroatoms. The third-order valence-corrected chi connectivity index (χ3v) is 2.33. The summed E-state index contributed by atoms with van der Waals surface area (Å²) in [4.78, 5) is 4.33. The van der Waals surface area contributed by atoms with Crippen LogP contribution >= 0.6 is 0 Å². The molecule has 1 N–H and O–H groups in total. The highest BCUT2D eigenvalue weighted by Gasteiger charge is 2.17. The highest BCUT2D eigenvalue weighted by molar-refractivity contribution is 4.87. The van der Waals surface area contributed by atoms with Crippen molar-refractivity contribution in [2.24, 2.45) is 11.3 Å². The fraction of sp³-hybridized carbons (Fsp3) is 0.833. The van der Waals surface area contributed by atoms with Crippen LogP contribution in [0.2, 0.25) is 0 Å². The number of nitrogens with one attached hydrogen (secondary N) is 1. The van der Waals surface area contributed by atoms with Gasteiger partial charge in [-0.2, -0.15) is 4.98 Å². The molecule has 16 heavy (non-hydrogen) atoms. The van der Waals surface area contributed by atoms with E-state index in [9.17, 15) is 0 Å². The molecule has 0 aliphatic heterocycles. The minimum absolute atomic E-state index is 0.354. The van der Waals surface area contributed by atoms with E-state index in [4.69, 9.17) is 4.52 Å². The summed E-state index contributed by atoms with van der Waals surface area (Å²) < 4.78 is 5.20. The molecule has 0 fully saturated rings. The maximum atomic E-state index is 5.20. The van der Waals surface area contributed by atoms with Crippen LogP contribution < -0.4 is 5.32 Å². The second-order valence-electron chi connectivity index (χ2n) is 5.71. The maximum Gasteiger partial charge on any atom is 0.226 e. The molecule has 4 nitrogen and oxygen atoms in total. The summed E-state index contributed by atoms with van der Waals surface area (Å²) >= 11 is 0. The van der Waals surface area contributed by atoms with Crippen molar-refractivity contribution in [2.45, 2.75) is 47.1 Å². The van der Waals surface area contributed by atoms with E-state index in [2.05, 4.69) is 43.2 Å². The number of aromatic nitrogens is 2. The molecule has 1 heterocycles. The third-order valence-electron chi connectivity index (χ3n) is 2.33. The first-order valence-electron chi connectivity index (χ1n) is 5.87. The van der Waals surface area contributed by atoms with Gasteiger partial charge in [-0.15, -0.1) is 0 Å². The average Bonchev–Trinajstić information content (AvgIpc) is 2.49. The van der Waals surface area contributed by atoms with Crippen LogP contribution in [0.5, 0.6) is 0 Å². The van der Waals surface area contributed by atoms with Crippen LogP contribution in [0.25, 0.3) is 0 Å². The van der Waals surface area contributed by atoms with Crippen LogP contribution in [0, 0.1) is 11.3 Å². The highest BCUT2D eigenvalue weighted by Crippen LogP contribution is 2.25. The second kappa shape index (κ2) is 5.43. The molecule has 92 valence electrons. The van der Waals surface area contributed by atoms with Gasteiger partial charge in [0, 0.05) is 6.42 Å². The molecule has 1 unspecified atom stereocenters. The fourth-order valence-corrected chi connectivity index (χ4v) is 2.02. The summed E-state index contributed by atoms with van der Waals surface area (Å²) in [6.07, 6.45) is 2.03. The molecular formula is C12H23N3O. The lowest BCUT2D eigenvalue weighted by atomic mass is 9.84. The first-order chi connectivity index (χ1) is 7.40. The molecule has 0 aliphatic rings. The molecule has 0 saturated carbocycles. The Bertz CT molecular complexity index is 314. The Balaban J connectivity index is 2.46. The number of hydrogen-bond acceptors (Lipinski definition) is 4. The van der Waals surface area contributed by atoms with Crippen molar-refractivity contribution in [3.8, 4) is 0 Å². The van der Waals surface area contributed by atoms with Gasteiger partial charge in [-0.05, 0) is 24.8 Å². The lowest BCUT2D eigenvalue weighted by Gasteiger charge is -2.22. The largest absolute Gasteiger partial charge is 0.339 e. The zero-order valence-corrected chi connectivity index (χ0v) is 11.0. The molecule has 0 aliphatic carbocycles. The average molecular weight is 225 g/mol. The monoisotopic (exact) mass is 225 g/mol. The lowest BCUT2D eigenvalue weighted by Crippen LogP contribution is -2.13. The number of rotatable bonds is 5. The predicted octanol–water partition coefficient (Wildman–Crippen LogP) is 2.40. The summed E-state index contributed by atoms with van der Waals surface area (Å²) in [6.45, 7) is 9.65. The van der Waals surface area contributed by atoms with E-state index in [0.717, 1.165) is 24.6 Å². The molecule has 0 saturated heterocycles. The molecule has 0 aromatic carbocycles. The van der Waals surface area contributed by atoms with E-state index >= 15 is 0 Å². The molecule has 1 atom stereocenters. The molecule has 0 spiro atoms. The summed E-state index contributed by atoms with van der Waals surface area (Å²) in [6, 6.07) is 0. The zero-order valence-electron chi connectivity index (χ0n) is 11.0. The Labute approximate surface area is 97.8 Å². The van der Waals surface area contributed by atoms with E-state index in [-0.39, 0.29) is 0 Å². The van der Waals surface area contributed by atoms with Gasteiger partial charge in [0.05, 0.1) is 6.54 Å². The molecule has 0 amide bonds. The topological polar surface area (TPSA) is 51.0 Å². The Morgan fingerprint density at radius 2 is 2.06 bits per heavy atom. The maximum absolute atomic E-state index is 5.20. The van der Waals surface area contributed by atoms with E-state index < -0.39 is 0 Å². The SMILES string of the molecule is CNCc1noc(CC(C)CC(C)(C)C)n1. The summed E-state index contributed by atoms with van der Waals surface area (Å²) in [5.41, 5.74) is 0.354. The molecule has 0 radical (unpaired) electrons. The molecule has 1 aromatic rings. The Kier molecular flexibility index (Phi) is 4.47. The van der Waals surface area contributed by atoms with Crippen molar-refractivity contribution in [3.63, 3.8) is 0 Å². The van der Waals surface area contributed by atoms with Crippen molar-refractivity contribution >= 4 is 0 Å². The Hall–Kier alpha value is -0.900. The van der Waals surface area contributed by atoms with E-state index in [0.29, 0.717) is 17.9 Å². The first-order valence-corrected chi connectivity index (χ1v) is 5.87. The smallest absolute Gasteiger partial charge is 0.226 e. The van der Waals surface area contributed by atoms with Gasteiger partial charge >= 0.3 is 0 Å². The Morgan fingerprint density at radius 1 is 1.38 bits per heavy atom. The van der Waals surface area contributed by atoms with Crippen molar-refractivity contribution < 1.29 is 4.52 Å². The van der Waals surface area contributed by atoms with Crippen molar-refractivity contribution in [1.29, 1.82) is 0 Å². The van der Waals surface area contributed by atoms with Crippen LogP contribution in [0.4, 0.5) is 0 Å². The van der Waals surface area contributed by atoms with Crippen LogP contribution in [0.15, 0.2) is 4.52 Å². The van der Waals surface area contributed by atoms with Gasteiger partial charge in [0.2, 0.25) is 5.89 Å². The van der Waals surface area contributed by atoms with Gasteiger partial charge in [0.1, 0.15) is 0 Å². The summed E-state index contributed by atoms with van der Waals surface area (Å²) in [5.74, 6) is 2.06. The standard InChI is InChI=1S/C12H23N3O/c1-9(7-12(2,3)4)6-11-14-10(8-13-5)15-16-11/h9,13H,6-8H2,1-5H3. The van der Waals surface area contributed by atoms with Crippen LogP contribution in [-0.4, -0.2) is 17.2 Å². The van der Waals surface area contributed by atoms with Crippen LogP contribution in [0.1, 0.15) is 45.8 Å². The minimum atomic E-state index is 0.354. The van der Waals surface area contributed by atoms with Gasteiger partial charge in [0.15, 0.2) is 5.82 Å². The van der Waals surface area contributed by atoms with E-state index in [1.165, 1.54) is 0 Å². The number of nitrogens with zero attached hydrogens (tertiary/aromatic N) is 2. The minimum Gasteiger partial charge on any atom is -0.339 e. The van der Waals surface area contributed by atoms with Crippen molar-refractivity contribution in [2.75, 3.05) is 7.05 Å². The fourth-order valence-electron chi connectivity index (χ4n) is 2.02. The van der Waals surface area contributed by atoms with Gasteiger partial charge in [-0.25, -0.2) is 0 Å². The van der Waals surface area contributed by atoms with Gasteiger partial charge in [0.25, 0.3) is 0 Å². The quantitative estimate of drug-likeness (QED) is 0.836. The van der Waals surface area contributed by atoms with E-state index in [1.54, 1.807) is 0 Å². The Morgan fingerprint density at radius 3 is 2.62 bits per heavy atom. The van der Waals surface area contributed by atoms with Gasteiger partial charge in [-0.3, -0.25) is 0 Å². The zero-order chi connectivity index (χ0) is 12.2. The molecule has 1 aromatic heterocycles. The molecular weight excluding hydrogens is 202 g/mol. The summed E-state index contributed by atoms with van der Waals surface area (Å²) in [7, 11) is 1.87. The normalized spacial score (nSPS) is 14.1. The third kappa shape index (κ3) is 4.75. The van der Waals surface area contributed by atoms with Crippen LogP contribution in [0.3, 0.4) is 0 Å². The highest BCUT2D eigenvalue weighted by atomic mass is 16.5. The molecule has 1 rings (SSSR count). The van der Waals surface area contributed by atoms with Crippen molar-refractivity contribution in [1.82, 2.24) is 15.5 Å². The first kappa shape index (κ1) is 13.2. The molecule has 0 bridgehead atoms. The van der Waals surface area contributed by atoms with Gasteiger partial charge in [-0.1, -0.05) is 32.9 Å². The van der Waals surface area contributed by atoms with Gasteiger partial charge < -0.3 is 9.84 Å². The summed E-state index contributed by atoms with van der Waals surface area (Å²) in [5, 5.41) is 6.91. The predicted molar refractivity (Wildman–Crippen MR) is 64.0 cm³/mol.